The Kier molecular flexibility index (Phi) is 2.01. The van der Waals surface area contributed by atoms with E-state index in [0.29, 0.717) is 5.82 Å². The Labute approximate surface area is 62.9 Å². The minimum Gasteiger partial charge on any atom is -0.241 e. The van der Waals surface area contributed by atoms with Crippen molar-refractivity contribution in [1.29, 1.82) is 0 Å². The highest BCUT2D eigenvalue weighted by Crippen LogP contribution is 2.18. The van der Waals surface area contributed by atoms with E-state index in [1.165, 1.54) is 0 Å². The number of nitrogens with zero attached hydrogens (tertiary/aromatic N) is 3. The fourth-order valence-electron chi connectivity index (χ4n) is 0.452. The molecule has 1 aromatic rings. The second-order valence-electron chi connectivity index (χ2n) is 1.94. The summed E-state index contributed by atoms with van der Waals surface area (Å²) in [5, 5.41) is 6.99. The first kappa shape index (κ1) is 7.21. The predicted molar refractivity (Wildman–Crippen MR) is 37.8 cm³/mol. The standard InChI is InChI=1S/C5H6ClN3O/c1-3(2)7-5-4(6)8-10-9-5/h1-2H3. The van der Waals surface area contributed by atoms with Gasteiger partial charge in [-0.15, -0.1) is 0 Å². The van der Waals surface area contributed by atoms with Crippen LogP contribution in [0.5, 0.6) is 0 Å². The van der Waals surface area contributed by atoms with Crippen LogP contribution in [0, 0.1) is 0 Å². The Hall–Kier alpha value is -0.900. The van der Waals surface area contributed by atoms with Gasteiger partial charge in [0.1, 0.15) is 0 Å². The molecule has 0 saturated heterocycles. The molecule has 0 aliphatic heterocycles. The average Bonchev–Trinajstić information content (AvgIpc) is 2.15. The van der Waals surface area contributed by atoms with Crippen LogP contribution in [-0.2, 0) is 0 Å². The lowest BCUT2D eigenvalue weighted by atomic mass is 10.5. The number of rotatable bonds is 1. The Morgan fingerprint density at radius 3 is 2.60 bits per heavy atom. The van der Waals surface area contributed by atoms with Crippen LogP contribution in [-0.4, -0.2) is 16.0 Å². The van der Waals surface area contributed by atoms with E-state index in [1.807, 2.05) is 13.8 Å². The monoisotopic (exact) mass is 159 g/mol. The zero-order valence-corrected chi connectivity index (χ0v) is 6.38. The highest BCUT2D eigenvalue weighted by Gasteiger charge is 2.03. The van der Waals surface area contributed by atoms with Gasteiger partial charge in [-0.1, -0.05) is 11.6 Å². The van der Waals surface area contributed by atoms with Crippen LogP contribution in [0.15, 0.2) is 9.62 Å². The van der Waals surface area contributed by atoms with Crippen LogP contribution in [0.3, 0.4) is 0 Å². The zero-order valence-electron chi connectivity index (χ0n) is 5.63. The van der Waals surface area contributed by atoms with E-state index in [0.717, 1.165) is 5.71 Å². The molecule has 10 heavy (non-hydrogen) atoms. The molecule has 0 amide bonds. The van der Waals surface area contributed by atoms with Gasteiger partial charge in [-0.2, -0.15) is 0 Å². The van der Waals surface area contributed by atoms with Crippen molar-refractivity contribution in [3.63, 3.8) is 0 Å². The third kappa shape index (κ3) is 1.54. The van der Waals surface area contributed by atoms with Crippen molar-refractivity contribution >= 4 is 23.1 Å². The molecule has 0 aliphatic rings. The molecule has 1 rings (SSSR count). The van der Waals surface area contributed by atoms with Crippen molar-refractivity contribution in [2.75, 3.05) is 0 Å². The van der Waals surface area contributed by atoms with Gasteiger partial charge in [0, 0.05) is 5.71 Å². The van der Waals surface area contributed by atoms with Crippen LogP contribution >= 0.6 is 11.6 Å². The van der Waals surface area contributed by atoms with Crippen LogP contribution < -0.4 is 0 Å². The van der Waals surface area contributed by atoms with E-state index in [1.54, 1.807) is 0 Å². The molecular formula is C5H6ClN3O. The molecular weight excluding hydrogens is 154 g/mol. The lowest BCUT2D eigenvalue weighted by Crippen LogP contribution is -1.77. The van der Waals surface area contributed by atoms with E-state index in [-0.39, 0.29) is 5.15 Å². The molecule has 1 heterocycles. The summed E-state index contributed by atoms with van der Waals surface area (Å²) in [6.07, 6.45) is 0. The maximum Gasteiger partial charge on any atom is 0.235 e. The molecule has 54 valence electrons. The fourth-order valence-corrected chi connectivity index (χ4v) is 0.559. The average molecular weight is 160 g/mol. The summed E-state index contributed by atoms with van der Waals surface area (Å²) in [5.41, 5.74) is 0.859. The minimum absolute atomic E-state index is 0.196. The minimum atomic E-state index is 0.196. The molecule has 0 saturated carbocycles. The molecule has 4 nitrogen and oxygen atoms in total. The second-order valence-corrected chi connectivity index (χ2v) is 2.30. The normalized spacial score (nSPS) is 9.50. The Bertz CT molecular complexity index is 251. The van der Waals surface area contributed by atoms with Crippen LogP contribution in [0.25, 0.3) is 0 Å². The Morgan fingerprint density at radius 2 is 2.20 bits per heavy atom. The van der Waals surface area contributed by atoms with Gasteiger partial charge in [-0.05, 0) is 24.2 Å². The molecule has 1 aromatic heterocycles. The van der Waals surface area contributed by atoms with E-state index in [4.69, 9.17) is 11.6 Å². The summed E-state index contributed by atoms with van der Waals surface area (Å²) < 4.78 is 4.31. The van der Waals surface area contributed by atoms with Crippen LogP contribution in [0.4, 0.5) is 5.82 Å². The van der Waals surface area contributed by atoms with E-state index >= 15 is 0 Å². The van der Waals surface area contributed by atoms with Crippen molar-refractivity contribution in [1.82, 2.24) is 10.3 Å². The first-order chi connectivity index (χ1) is 4.70. The van der Waals surface area contributed by atoms with E-state index in [9.17, 15) is 0 Å². The number of aliphatic imine (C=N–C) groups is 1. The topological polar surface area (TPSA) is 51.3 Å². The Morgan fingerprint density at radius 1 is 1.50 bits per heavy atom. The molecule has 5 heteroatoms. The number of halogens is 1. The van der Waals surface area contributed by atoms with Gasteiger partial charge in [0.2, 0.25) is 11.0 Å². The number of hydrogen-bond acceptors (Lipinski definition) is 4. The molecule has 0 spiro atoms. The van der Waals surface area contributed by atoms with E-state index < -0.39 is 0 Å². The molecule has 0 unspecified atom stereocenters. The molecule has 0 radical (unpaired) electrons. The molecule has 0 fully saturated rings. The van der Waals surface area contributed by atoms with Crippen LogP contribution in [0.2, 0.25) is 5.15 Å². The molecule has 0 bridgehead atoms. The fraction of sp³-hybridized carbons (Fsp3) is 0.400. The quantitative estimate of drug-likeness (QED) is 0.588. The summed E-state index contributed by atoms with van der Waals surface area (Å²) in [5.74, 6) is 0.335. The summed E-state index contributed by atoms with van der Waals surface area (Å²) in [6, 6.07) is 0. The zero-order chi connectivity index (χ0) is 7.56. The van der Waals surface area contributed by atoms with Gasteiger partial charge in [0.25, 0.3) is 0 Å². The number of hydrogen-bond donors (Lipinski definition) is 0. The SMILES string of the molecule is CC(C)=Nc1nonc1Cl. The largest absolute Gasteiger partial charge is 0.241 e. The maximum atomic E-state index is 5.51. The molecule has 0 atom stereocenters. The molecule has 0 N–H and O–H groups in total. The maximum absolute atomic E-state index is 5.51. The lowest BCUT2D eigenvalue weighted by molar-refractivity contribution is 0.308. The van der Waals surface area contributed by atoms with Gasteiger partial charge in [-0.25, -0.2) is 9.62 Å². The predicted octanol–water partition coefficient (Wildman–Crippen LogP) is 1.84. The first-order valence-electron chi connectivity index (χ1n) is 2.70. The Balaban J connectivity index is 2.95. The molecule has 0 aromatic carbocycles. The van der Waals surface area contributed by atoms with E-state index in [2.05, 4.69) is 19.9 Å². The van der Waals surface area contributed by atoms with Gasteiger partial charge >= 0.3 is 0 Å². The molecule has 0 aliphatic carbocycles. The van der Waals surface area contributed by atoms with Gasteiger partial charge in [0.05, 0.1) is 0 Å². The smallest absolute Gasteiger partial charge is 0.235 e. The number of aromatic nitrogens is 2. The van der Waals surface area contributed by atoms with Gasteiger partial charge in [-0.3, -0.25) is 0 Å². The lowest BCUT2D eigenvalue weighted by Gasteiger charge is -1.83. The first-order valence-corrected chi connectivity index (χ1v) is 3.08. The summed E-state index contributed by atoms with van der Waals surface area (Å²) in [4.78, 5) is 3.94. The van der Waals surface area contributed by atoms with Crippen molar-refractivity contribution in [3.8, 4) is 0 Å². The highest BCUT2D eigenvalue weighted by atomic mass is 35.5. The van der Waals surface area contributed by atoms with Crippen molar-refractivity contribution in [3.05, 3.63) is 5.15 Å². The summed E-state index contributed by atoms with van der Waals surface area (Å²) in [7, 11) is 0. The van der Waals surface area contributed by atoms with Crippen molar-refractivity contribution in [2.24, 2.45) is 4.99 Å². The summed E-state index contributed by atoms with van der Waals surface area (Å²) >= 11 is 5.51. The van der Waals surface area contributed by atoms with Gasteiger partial charge in [0.15, 0.2) is 0 Å². The highest BCUT2D eigenvalue weighted by molar-refractivity contribution is 6.31. The second kappa shape index (κ2) is 2.79. The van der Waals surface area contributed by atoms with Crippen molar-refractivity contribution < 1.29 is 4.63 Å². The third-order valence-corrected chi connectivity index (χ3v) is 1.00. The van der Waals surface area contributed by atoms with Gasteiger partial charge < -0.3 is 0 Å². The van der Waals surface area contributed by atoms with Crippen molar-refractivity contribution in [2.45, 2.75) is 13.8 Å². The summed E-state index contributed by atoms with van der Waals surface area (Å²) in [6.45, 7) is 3.68. The third-order valence-electron chi connectivity index (χ3n) is 0.762. The van der Waals surface area contributed by atoms with Crippen LogP contribution in [0.1, 0.15) is 13.8 Å².